The Hall–Kier alpha value is -1.51. The van der Waals surface area contributed by atoms with E-state index in [-0.39, 0.29) is 23.5 Å². The van der Waals surface area contributed by atoms with Crippen LogP contribution in [0.4, 0.5) is 0 Å². The van der Waals surface area contributed by atoms with Gasteiger partial charge in [0.05, 0.1) is 15.6 Å². The van der Waals surface area contributed by atoms with Crippen molar-refractivity contribution in [2.45, 2.75) is 61.4 Å². The minimum absolute atomic E-state index is 0.120. The third-order valence-electron chi connectivity index (χ3n) is 5.93. The van der Waals surface area contributed by atoms with E-state index in [1.807, 2.05) is 0 Å². The molecule has 2 heterocycles. The van der Waals surface area contributed by atoms with Crippen LogP contribution in [0.15, 0.2) is 0 Å². The van der Waals surface area contributed by atoms with Crippen LogP contribution < -0.4 is 4.66 Å². The Morgan fingerprint density at radius 1 is 1.04 bits per heavy atom. The molecule has 3 aliphatic rings. The normalized spacial score (nSPS) is 39.5. The molecule has 0 amide bonds. The van der Waals surface area contributed by atoms with Crippen LogP contribution in [0.1, 0.15) is 56.7 Å². The van der Waals surface area contributed by atoms with Crippen LogP contribution in [0.25, 0.3) is 0 Å². The number of aromatic amines is 2. The van der Waals surface area contributed by atoms with Crippen LogP contribution in [0, 0.1) is 16.7 Å². The van der Waals surface area contributed by atoms with Crippen LogP contribution in [0.5, 0.6) is 0 Å². The van der Waals surface area contributed by atoms with Crippen molar-refractivity contribution in [1.29, 1.82) is 0 Å². The van der Waals surface area contributed by atoms with Crippen LogP contribution in [-0.4, -0.2) is 40.1 Å². The number of carbonyl (C=O) groups is 1. The second-order valence-electron chi connectivity index (χ2n) is 7.08. The average Bonchev–Trinajstić information content (AvgIpc) is 2.99. The molecule has 4 rings (SSSR count). The number of Topliss-reactive ketones (excluding diaryl/α,β-unsaturated/α-hetero) is 1. The zero-order valence-corrected chi connectivity index (χ0v) is 13.6. The lowest BCUT2D eigenvalue weighted by Crippen LogP contribution is -2.55. The van der Waals surface area contributed by atoms with Crippen molar-refractivity contribution >= 4 is 15.6 Å². The molecule has 1 saturated heterocycles. The summed E-state index contributed by atoms with van der Waals surface area (Å²) in [5.41, 5.74) is 0. The largest absolute Gasteiger partial charge is 0.299 e. The lowest BCUT2D eigenvalue weighted by atomic mass is 9.73. The molecule has 9 heteroatoms. The molecule has 0 radical (unpaired) electrons. The summed E-state index contributed by atoms with van der Waals surface area (Å²) in [4.78, 5) is 23.9. The molecule has 126 valence electrons. The SMILES string of the molecule is O=C1C2CCCCC2S(=O)(=O)C2CC(c3n[nH][n+](=O)[nH]3)CCC12. The molecular formula is C14H21N4O4S+. The standard InChI is InChI=1S/C14H21N4O4S/c19-13-9-3-1-2-4-11(9)23(21,22)12-7-8(5-6-10(12)13)14-15-17-18(20)16-14/h8-12H,1-7H2,(H2,15,16,17,20)/q+1. The number of sulfone groups is 1. The predicted octanol–water partition coefficient (Wildman–Crippen LogP) is 0.461. The maximum absolute atomic E-state index is 13.1. The molecular weight excluding hydrogens is 320 g/mol. The molecule has 1 aromatic heterocycles. The van der Waals surface area contributed by atoms with Gasteiger partial charge in [-0.2, -0.15) is 0 Å². The number of hydrogen-bond donors (Lipinski definition) is 2. The Morgan fingerprint density at radius 3 is 2.52 bits per heavy atom. The summed E-state index contributed by atoms with van der Waals surface area (Å²) in [7, 11) is -3.31. The van der Waals surface area contributed by atoms with Crippen molar-refractivity contribution in [3.05, 3.63) is 10.7 Å². The summed E-state index contributed by atoms with van der Waals surface area (Å²) >= 11 is 0. The van der Waals surface area contributed by atoms with E-state index in [2.05, 4.69) is 15.4 Å². The van der Waals surface area contributed by atoms with Crippen LogP contribution in [0.3, 0.4) is 0 Å². The number of ketones is 1. The van der Waals surface area contributed by atoms with Crippen LogP contribution >= 0.6 is 0 Å². The molecule has 1 aromatic rings. The highest BCUT2D eigenvalue weighted by Crippen LogP contribution is 2.47. The number of carbonyl (C=O) groups excluding carboxylic acids is 1. The zero-order valence-electron chi connectivity index (χ0n) is 12.8. The van der Waals surface area contributed by atoms with Gasteiger partial charge in [0.2, 0.25) is 0 Å². The van der Waals surface area contributed by atoms with E-state index in [0.29, 0.717) is 36.2 Å². The van der Waals surface area contributed by atoms with E-state index in [4.69, 9.17) is 0 Å². The first kappa shape index (κ1) is 15.0. The van der Waals surface area contributed by atoms with Crippen LogP contribution in [-0.2, 0) is 14.6 Å². The van der Waals surface area contributed by atoms with E-state index in [0.717, 1.165) is 19.3 Å². The summed E-state index contributed by atoms with van der Waals surface area (Å²) < 4.78 is 26.5. The van der Waals surface area contributed by atoms with Crippen LogP contribution in [0.2, 0.25) is 0 Å². The summed E-state index contributed by atoms with van der Waals surface area (Å²) in [5.74, 6) is -0.128. The highest BCUT2D eigenvalue weighted by Gasteiger charge is 2.56. The van der Waals surface area contributed by atoms with Gasteiger partial charge in [-0.3, -0.25) is 4.79 Å². The smallest absolute Gasteiger partial charge is 0.285 e. The molecule has 0 bridgehead atoms. The Balaban J connectivity index is 1.66. The number of H-pyrrole nitrogens is 2. The molecule has 8 nitrogen and oxygen atoms in total. The Labute approximate surface area is 133 Å². The van der Waals surface area contributed by atoms with Crippen molar-refractivity contribution in [1.82, 2.24) is 15.4 Å². The quantitative estimate of drug-likeness (QED) is 0.719. The number of nitrogens with zero attached hydrogens (tertiary/aromatic N) is 2. The maximum atomic E-state index is 13.1. The average molecular weight is 341 g/mol. The third-order valence-corrected chi connectivity index (χ3v) is 8.71. The van der Waals surface area contributed by atoms with E-state index >= 15 is 0 Å². The van der Waals surface area contributed by atoms with Gasteiger partial charge in [0.1, 0.15) is 5.78 Å². The van der Waals surface area contributed by atoms with Crippen molar-refractivity contribution < 1.29 is 17.9 Å². The molecule has 5 atom stereocenters. The van der Waals surface area contributed by atoms with E-state index < -0.39 is 20.3 Å². The van der Waals surface area contributed by atoms with Crippen molar-refractivity contribution in [3.8, 4) is 0 Å². The van der Waals surface area contributed by atoms with Gasteiger partial charge in [-0.1, -0.05) is 12.8 Å². The Bertz CT molecular complexity index is 783. The van der Waals surface area contributed by atoms with Crippen molar-refractivity contribution in [2.75, 3.05) is 0 Å². The van der Waals surface area contributed by atoms with Crippen molar-refractivity contribution in [2.24, 2.45) is 11.8 Å². The van der Waals surface area contributed by atoms with Crippen molar-refractivity contribution in [3.63, 3.8) is 0 Å². The maximum Gasteiger partial charge on any atom is 0.285 e. The molecule has 23 heavy (non-hydrogen) atoms. The van der Waals surface area contributed by atoms with E-state index in [1.165, 1.54) is 0 Å². The number of tetrazole rings is 1. The summed E-state index contributed by atoms with van der Waals surface area (Å²) in [6.07, 6.45) is 4.80. The summed E-state index contributed by atoms with van der Waals surface area (Å²) in [5, 5.41) is 7.62. The number of aromatic nitrogens is 4. The summed E-state index contributed by atoms with van der Waals surface area (Å²) in [6, 6.07) is 0. The predicted molar refractivity (Wildman–Crippen MR) is 79.8 cm³/mol. The first-order valence-electron chi connectivity index (χ1n) is 8.32. The van der Waals surface area contributed by atoms with Gasteiger partial charge in [-0.25, -0.2) is 8.42 Å². The molecule has 0 spiro atoms. The summed E-state index contributed by atoms with van der Waals surface area (Å²) in [6.45, 7) is 0. The number of rotatable bonds is 1. The minimum atomic E-state index is -3.31. The fraction of sp³-hybridized carbons (Fsp3) is 0.857. The van der Waals surface area contributed by atoms with Gasteiger partial charge in [0.25, 0.3) is 5.82 Å². The molecule has 1 aliphatic heterocycles. The lowest BCUT2D eigenvalue weighted by Gasteiger charge is -2.45. The second-order valence-corrected chi connectivity index (χ2v) is 9.47. The minimum Gasteiger partial charge on any atom is -0.299 e. The molecule has 0 aromatic carbocycles. The monoisotopic (exact) mass is 341 g/mol. The van der Waals surface area contributed by atoms with E-state index in [1.54, 1.807) is 0 Å². The molecule has 5 unspecified atom stereocenters. The van der Waals surface area contributed by atoms with Gasteiger partial charge < -0.3 is 0 Å². The fourth-order valence-electron chi connectivity index (χ4n) is 4.82. The van der Waals surface area contributed by atoms with Gasteiger partial charge in [-0.05, 0) is 37.0 Å². The zero-order chi connectivity index (χ0) is 16.2. The highest BCUT2D eigenvalue weighted by molar-refractivity contribution is 7.92. The third kappa shape index (κ3) is 2.28. The van der Waals surface area contributed by atoms with E-state index in [9.17, 15) is 18.1 Å². The number of hydrogen-bond acceptors (Lipinski definition) is 5. The fourth-order valence-corrected chi connectivity index (χ4v) is 7.72. The number of fused-ring (bicyclic) bond motifs is 2. The Kier molecular flexibility index (Phi) is 3.44. The highest BCUT2D eigenvalue weighted by atomic mass is 32.2. The first-order valence-corrected chi connectivity index (χ1v) is 9.93. The van der Waals surface area contributed by atoms with Gasteiger partial charge in [0.15, 0.2) is 14.5 Å². The Morgan fingerprint density at radius 2 is 1.78 bits per heavy atom. The first-order chi connectivity index (χ1) is 11.0. The second kappa shape index (κ2) is 5.25. The van der Waals surface area contributed by atoms with Gasteiger partial charge in [-0.15, -0.1) is 5.10 Å². The number of nitrogens with one attached hydrogen (secondary N) is 2. The van der Waals surface area contributed by atoms with Gasteiger partial charge >= 0.3 is 0 Å². The molecule has 3 fully saturated rings. The lowest BCUT2D eigenvalue weighted by molar-refractivity contribution is -0.626. The molecule has 2 saturated carbocycles. The molecule has 2 N–H and O–H groups in total. The molecule has 2 aliphatic carbocycles. The van der Waals surface area contributed by atoms with Gasteiger partial charge in [0, 0.05) is 23.0 Å². The topological polar surface area (TPSA) is 119 Å².